The minimum absolute atomic E-state index is 0.730. The molecular weight excluding hydrogens is 590 g/mol. The van der Waals surface area contributed by atoms with Gasteiger partial charge in [-0.3, -0.25) is 0 Å². The van der Waals surface area contributed by atoms with Gasteiger partial charge in [0.2, 0.25) is 0 Å². The Morgan fingerprint density at radius 3 is 1.15 bits per heavy atom. The van der Waals surface area contributed by atoms with Crippen LogP contribution in [0.3, 0.4) is 0 Å². The van der Waals surface area contributed by atoms with E-state index < -0.39 is 15.1 Å². The third kappa shape index (κ3) is 3.82. The van der Waals surface area contributed by atoms with Crippen LogP contribution in [0.5, 0.6) is 0 Å². The highest BCUT2D eigenvalue weighted by atomic mass is 31.1. The molecule has 0 spiro atoms. The molecule has 2 atom stereocenters. The second kappa shape index (κ2) is 10.2. The summed E-state index contributed by atoms with van der Waals surface area (Å²) in [5, 5.41) is 16.4. The van der Waals surface area contributed by atoms with Crippen LogP contribution in [0, 0.1) is 0 Å². The molecule has 2 unspecified atom stereocenters. The molecule has 0 aromatic heterocycles. The normalized spacial score (nSPS) is 12.7. The molecule has 2 aliphatic carbocycles. The van der Waals surface area contributed by atoms with Crippen molar-refractivity contribution in [2.24, 2.45) is 0 Å². The average Bonchev–Trinajstić information content (AvgIpc) is 3.70. The van der Waals surface area contributed by atoms with Crippen molar-refractivity contribution in [3.05, 3.63) is 169 Å². The lowest BCUT2D eigenvalue weighted by Crippen LogP contribution is -1.90. The van der Waals surface area contributed by atoms with Gasteiger partial charge in [-0.2, -0.15) is 0 Å². The van der Waals surface area contributed by atoms with Crippen LogP contribution in [0.15, 0.2) is 169 Å². The first-order valence-electron chi connectivity index (χ1n) is 15.9. The van der Waals surface area contributed by atoms with Crippen LogP contribution in [-0.2, 0) is 0 Å². The molecule has 6 aromatic carbocycles. The second-order valence-corrected chi connectivity index (χ2v) is 16.2. The van der Waals surface area contributed by atoms with Crippen molar-refractivity contribution in [2.45, 2.75) is 0 Å². The topological polar surface area (TPSA) is 0 Å². The van der Waals surface area contributed by atoms with Crippen LogP contribution in [0.25, 0.3) is 86.5 Å². The molecule has 2 aliphatic heterocycles. The summed E-state index contributed by atoms with van der Waals surface area (Å²) < 4.78 is 0. The molecule has 10 rings (SSSR count). The van der Waals surface area contributed by atoms with Crippen LogP contribution in [0.1, 0.15) is 0 Å². The fourth-order valence-electron chi connectivity index (χ4n) is 7.69. The number of fused-ring (bicyclic) bond motifs is 8. The third-order valence-corrected chi connectivity index (χ3v) is 14.2. The van der Waals surface area contributed by atoms with Gasteiger partial charge in [-0.1, -0.05) is 149 Å². The fourth-order valence-corrected chi connectivity index (χ4v) is 12.2. The van der Waals surface area contributed by atoms with Crippen LogP contribution < -0.4 is 0 Å². The Balaban J connectivity index is 1.35. The van der Waals surface area contributed by atoms with Crippen molar-refractivity contribution in [3.8, 4) is 43.5 Å². The lowest BCUT2D eigenvalue weighted by molar-refractivity contribution is 1.72. The number of hydrogen-bond donors (Lipinski definition) is 0. The van der Waals surface area contributed by atoms with Gasteiger partial charge in [-0.05, 0) is 90.1 Å². The average molecular weight is 619 g/mol. The molecule has 46 heavy (non-hydrogen) atoms. The summed E-state index contributed by atoms with van der Waals surface area (Å²) in [5.74, 6) is 4.94. The molecule has 0 radical (unpaired) electrons. The Kier molecular flexibility index (Phi) is 5.79. The molecule has 0 bridgehead atoms. The highest BCUT2D eigenvalue weighted by molar-refractivity contribution is 7.60. The van der Waals surface area contributed by atoms with Crippen molar-refractivity contribution in [2.75, 3.05) is 0 Å². The Morgan fingerprint density at radius 2 is 0.696 bits per heavy atom. The zero-order valence-corrected chi connectivity index (χ0v) is 26.8. The minimum atomic E-state index is -0.730. The molecule has 4 aliphatic rings. The van der Waals surface area contributed by atoms with E-state index in [9.17, 15) is 0 Å². The first-order chi connectivity index (χ1) is 22.8. The maximum Gasteiger partial charge on any atom is 0.00694 e. The molecule has 2 heteroatoms. The van der Waals surface area contributed by atoms with Crippen LogP contribution in [0.2, 0.25) is 0 Å². The molecule has 0 fully saturated rings. The van der Waals surface area contributed by atoms with Crippen LogP contribution in [0.4, 0.5) is 0 Å². The zero-order valence-electron chi connectivity index (χ0n) is 25.1. The Morgan fingerprint density at radius 1 is 0.304 bits per heavy atom. The monoisotopic (exact) mass is 618 g/mol. The number of hydrogen-bond acceptors (Lipinski definition) is 0. The highest BCUT2D eigenvalue weighted by Gasteiger charge is 2.24. The number of rotatable bonds is 3. The van der Waals surface area contributed by atoms with Gasteiger partial charge in [0, 0.05) is 32.3 Å². The predicted molar refractivity (Wildman–Crippen MR) is 203 cm³/mol. The Labute approximate surface area is 270 Å². The minimum Gasteiger partial charge on any atom is -0.0846 e. The van der Waals surface area contributed by atoms with Crippen molar-refractivity contribution in [1.29, 1.82) is 0 Å². The van der Waals surface area contributed by atoms with Gasteiger partial charge in [-0.15, -0.1) is 0 Å². The van der Waals surface area contributed by atoms with Gasteiger partial charge in [0.05, 0.1) is 0 Å². The quantitative estimate of drug-likeness (QED) is 0.185. The molecule has 6 aromatic rings. The van der Waals surface area contributed by atoms with Gasteiger partial charge in [0.25, 0.3) is 0 Å². The van der Waals surface area contributed by atoms with Crippen molar-refractivity contribution in [1.82, 2.24) is 0 Å². The standard InChI is InChI=1S/C44H28P2/c1-7-17-35-29(11-1)21-23-39(45-25-9-19-37-33-15-5-3-13-31(33)27-41(37)45)43(35)44-36-18-8-2-12-30(36)22-24-40(44)46-26-10-20-38-34-16-6-4-14-32(34)28-42(38)46/h1-28H. The summed E-state index contributed by atoms with van der Waals surface area (Å²) in [4.78, 5) is 0. The van der Waals surface area contributed by atoms with E-state index in [1.54, 1.807) is 0 Å². The van der Waals surface area contributed by atoms with Crippen molar-refractivity contribution >= 4 is 58.2 Å². The molecule has 0 saturated heterocycles. The molecule has 2 heterocycles. The van der Waals surface area contributed by atoms with Gasteiger partial charge >= 0.3 is 0 Å². The summed E-state index contributed by atoms with van der Waals surface area (Å²) in [7, 11) is -1.46. The molecule has 0 nitrogen and oxygen atoms in total. The van der Waals surface area contributed by atoms with Crippen molar-refractivity contribution < 1.29 is 0 Å². The van der Waals surface area contributed by atoms with E-state index >= 15 is 0 Å². The third-order valence-electron chi connectivity index (χ3n) is 9.74. The second-order valence-electron chi connectivity index (χ2n) is 12.2. The SMILES string of the molecule is c1ccc2c3cccp(-c4ccc5ccccc5c4-c4c(-p5cccc6c7ccccc7cc5-6)ccc5ccccc45)c-3cc2c1. The summed E-state index contributed by atoms with van der Waals surface area (Å²) in [6.07, 6.45) is 0. The van der Waals surface area contributed by atoms with E-state index in [-0.39, 0.29) is 0 Å². The first kappa shape index (κ1) is 26.1. The maximum atomic E-state index is 2.47. The van der Waals surface area contributed by atoms with E-state index in [4.69, 9.17) is 0 Å². The predicted octanol–water partition coefficient (Wildman–Crippen LogP) is 14.1. The zero-order chi connectivity index (χ0) is 30.2. The molecular formula is C44H28P2. The summed E-state index contributed by atoms with van der Waals surface area (Å²) in [6.45, 7) is 0. The van der Waals surface area contributed by atoms with E-state index in [0.717, 1.165) is 0 Å². The Hall–Kier alpha value is -5.12. The van der Waals surface area contributed by atoms with E-state index in [1.807, 2.05) is 0 Å². The van der Waals surface area contributed by atoms with E-state index in [0.29, 0.717) is 0 Å². The molecule has 0 amide bonds. The first-order valence-corrected chi connectivity index (χ1v) is 18.7. The molecule has 0 N–H and O–H groups in total. The molecule has 214 valence electrons. The van der Waals surface area contributed by atoms with Gasteiger partial charge in [0.15, 0.2) is 0 Å². The summed E-state index contributed by atoms with van der Waals surface area (Å²) in [6, 6.07) is 59.4. The lowest BCUT2D eigenvalue weighted by atomic mass is 9.93. The van der Waals surface area contributed by atoms with Gasteiger partial charge in [-0.25, -0.2) is 0 Å². The summed E-state index contributed by atoms with van der Waals surface area (Å²) >= 11 is 0. The van der Waals surface area contributed by atoms with Crippen LogP contribution >= 0.6 is 15.1 Å². The highest BCUT2D eigenvalue weighted by Crippen LogP contribution is 2.61. The number of benzene rings is 6. The smallest absolute Gasteiger partial charge is 0.00694 e. The Bertz CT molecular complexity index is 2510. The van der Waals surface area contributed by atoms with Crippen molar-refractivity contribution in [3.63, 3.8) is 0 Å². The van der Waals surface area contributed by atoms with Crippen LogP contribution in [-0.4, -0.2) is 0 Å². The lowest BCUT2D eigenvalue weighted by Gasteiger charge is -2.22. The van der Waals surface area contributed by atoms with Gasteiger partial charge in [0.1, 0.15) is 0 Å². The summed E-state index contributed by atoms with van der Waals surface area (Å²) in [5.41, 5.74) is 5.54. The van der Waals surface area contributed by atoms with Gasteiger partial charge < -0.3 is 0 Å². The maximum absolute atomic E-state index is 2.47. The fraction of sp³-hybridized carbons (Fsp3) is 0. The van der Waals surface area contributed by atoms with E-state index in [1.165, 1.54) is 86.5 Å². The van der Waals surface area contributed by atoms with E-state index in [2.05, 4.69) is 169 Å². The largest absolute Gasteiger partial charge is 0.0846 e. The molecule has 0 saturated carbocycles.